The fourth-order valence-electron chi connectivity index (χ4n) is 3.05. The number of nitrogens with zero attached hydrogens (tertiary/aromatic N) is 2. The van der Waals surface area contributed by atoms with Crippen molar-refractivity contribution in [3.63, 3.8) is 0 Å². The van der Waals surface area contributed by atoms with Gasteiger partial charge in [-0.05, 0) is 42.8 Å². The molecule has 5 nitrogen and oxygen atoms in total. The molecule has 0 radical (unpaired) electrons. The first-order valence-electron chi connectivity index (χ1n) is 8.37. The lowest BCUT2D eigenvalue weighted by atomic mass is 10.1. The van der Waals surface area contributed by atoms with E-state index in [0.717, 1.165) is 16.3 Å². The van der Waals surface area contributed by atoms with E-state index in [9.17, 15) is 9.18 Å². The molecule has 27 heavy (non-hydrogen) atoms. The molecule has 1 aliphatic heterocycles. The third-order valence-corrected chi connectivity index (χ3v) is 5.20. The highest BCUT2D eigenvalue weighted by Crippen LogP contribution is 2.33. The summed E-state index contributed by atoms with van der Waals surface area (Å²) in [5.74, 6) is 0.347. The molecule has 138 valence electrons. The second-order valence-corrected chi connectivity index (χ2v) is 7.24. The average Bonchev–Trinajstić information content (AvgIpc) is 3.23. The minimum atomic E-state index is -0.495. The molecular weight excluding hydrogens is 367 g/mol. The van der Waals surface area contributed by atoms with Gasteiger partial charge in [0.1, 0.15) is 18.1 Å². The molecule has 0 aliphatic carbocycles. The van der Waals surface area contributed by atoms with Gasteiger partial charge in [0, 0.05) is 17.0 Å². The predicted molar refractivity (Wildman–Crippen MR) is 101 cm³/mol. The number of thiazole rings is 1. The van der Waals surface area contributed by atoms with Gasteiger partial charge in [0.15, 0.2) is 5.82 Å². The molecular formula is C20H17FN2O3S. The van der Waals surface area contributed by atoms with Crippen LogP contribution in [0.5, 0.6) is 11.5 Å². The van der Waals surface area contributed by atoms with Crippen molar-refractivity contribution in [2.45, 2.75) is 20.1 Å². The number of anilines is 1. The number of ether oxygens (including phenoxy) is 2. The Morgan fingerprint density at radius 1 is 1.22 bits per heavy atom. The van der Waals surface area contributed by atoms with E-state index >= 15 is 0 Å². The van der Waals surface area contributed by atoms with Crippen LogP contribution < -0.4 is 14.4 Å². The Morgan fingerprint density at radius 3 is 2.74 bits per heavy atom. The molecule has 0 spiro atoms. The number of hydrogen-bond donors (Lipinski definition) is 0. The van der Waals surface area contributed by atoms with Crippen molar-refractivity contribution in [3.05, 3.63) is 69.4 Å². The first-order valence-corrected chi connectivity index (χ1v) is 9.25. The van der Waals surface area contributed by atoms with E-state index in [2.05, 4.69) is 4.98 Å². The SMILES string of the molecule is COc1ccc(N2Cc3cc(OCc4csc(C)n4)ccc3C2=O)c(F)c1. The minimum Gasteiger partial charge on any atom is -0.497 e. The normalized spacial score (nSPS) is 13.0. The van der Waals surface area contributed by atoms with Gasteiger partial charge < -0.3 is 14.4 Å². The molecule has 3 aromatic rings. The van der Waals surface area contributed by atoms with Crippen LogP contribution in [0.15, 0.2) is 41.8 Å². The minimum absolute atomic E-state index is 0.226. The predicted octanol–water partition coefficient (Wildman–Crippen LogP) is 4.34. The first-order chi connectivity index (χ1) is 13.0. The zero-order valence-electron chi connectivity index (χ0n) is 14.9. The Bertz CT molecular complexity index is 1020. The summed E-state index contributed by atoms with van der Waals surface area (Å²) in [7, 11) is 1.47. The van der Waals surface area contributed by atoms with Crippen LogP contribution in [0.1, 0.15) is 26.6 Å². The number of halogens is 1. The van der Waals surface area contributed by atoms with E-state index in [4.69, 9.17) is 9.47 Å². The molecule has 0 unspecified atom stereocenters. The summed E-state index contributed by atoms with van der Waals surface area (Å²) in [5.41, 5.74) is 2.47. The van der Waals surface area contributed by atoms with Crippen molar-refractivity contribution in [2.24, 2.45) is 0 Å². The van der Waals surface area contributed by atoms with Gasteiger partial charge in [0.05, 0.1) is 30.0 Å². The number of aryl methyl sites for hydroxylation is 1. The van der Waals surface area contributed by atoms with Crippen molar-refractivity contribution in [1.82, 2.24) is 4.98 Å². The highest BCUT2D eigenvalue weighted by atomic mass is 32.1. The molecule has 0 N–H and O–H groups in total. The number of amides is 1. The highest BCUT2D eigenvalue weighted by molar-refractivity contribution is 7.09. The Labute approximate surface area is 160 Å². The Balaban J connectivity index is 1.53. The van der Waals surface area contributed by atoms with E-state index in [1.165, 1.54) is 18.1 Å². The molecule has 2 heterocycles. The fourth-order valence-corrected chi connectivity index (χ4v) is 3.64. The van der Waals surface area contributed by atoms with Gasteiger partial charge >= 0.3 is 0 Å². The molecule has 2 aromatic carbocycles. The number of fused-ring (bicyclic) bond motifs is 1. The van der Waals surface area contributed by atoms with Gasteiger partial charge in [-0.3, -0.25) is 4.79 Å². The van der Waals surface area contributed by atoms with E-state index in [-0.39, 0.29) is 11.6 Å². The molecule has 1 aromatic heterocycles. The van der Waals surface area contributed by atoms with E-state index in [1.807, 2.05) is 18.4 Å². The number of rotatable bonds is 5. The van der Waals surface area contributed by atoms with Crippen LogP contribution >= 0.6 is 11.3 Å². The summed E-state index contributed by atoms with van der Waals surface area (Å²) in [6.45, 7) is 2.61. The lowest BCUT2D eigenvalue weighted by Crippen LogP contribution is -2.24. The number of benzene rings is 2. The molecule has 4 rings (SSSR count). The van der Waals surface area contributed by atoms with Crippen molar-refractivity contribution in [1.29, 1.82) is 0 Å². The van der Waals surface area contributed by atoms with Crippen molar-refractivity contribution < 1.29 is 18.7 Å². The lowest BCUT2D eigenvalue weighted by molar-refractivity contribution is 0.0995. The zero-order chi connectivity index (χ0) is 19.0. The van der Waals surface area contributed by atoms with Crippen LogP contribution in [0.25, 0.3) is 0 Å². The topological polar surface area (TPSA) is 51.7 Å². The quantitative estimate of drug-likeness (QED) is 0.657. The van der Waals surface area contributed by atoms with Crippen LogP contribution in [0.3, 0.4) is 0 Å². The summed E-state index contributed by atoms with van der Waals surface area (Å²) >= 11 is 1.57. The maximum atomic E-state index is 14.4. The summed E-state index contributed by atoms with van der Waals surface area (Å²) in [5, 5.41) is 2.95. The van der Waals surface area contributed by atoms with Crippen LogP contribution in [0, 0.1) is 12.7 Å². The van der Waals surface area contributed by atoms with Gasteiger partial charge in [-0.1, -0.05) is 0 Å². The number of carbonyl (C=O) groups is 1. The summed E-state index contributed by atoms with van der Waals surface area (Å²) in [6, 6.07) is 9.77. The number of carbonyl (C=O) groups excluding carboxylic acids is 1. The van der Waals surface area contributed by atoms with Gasteiger partial charge in [-0.15, -0.1) is 11.3 Å². The maximum absolute atomic E-state index is 14.4. The molecule has 0 saturated heterocycles. The molecule has 0 bridgehead atoms. The summed E-state index contributed by atoms with van der Waals surface area (Å²) in [4.78, 5) is 18.5. The van der Waals surface area contributed by atoms with Crippen molar-refractivity contribution in [2.75, 3.05) is 12.0 Å². The average molecular weight is 384 g/mol. The van der Waals surface area contributed by atoms with Crippen molar-refractivity contribution >= 4 is 22.9 Å². The molecule has 0 atom stereocenters. The van der Waals surface area contributed by atoms with Crippen molar-refractivity contribution in [3.8, 4) is 11.5 Å². The van der Waals surface area contributed by atoms with Gasteiger partial charge in [-0.25, -0.2) is 9.37 Å². The highest BCUT2D eigenvalue weighted by Gasteiger charge is 2.30. The molecule has 0 fully saturated rings. The summed E-state index contributed by atoms with van der Waals surface area (Å²) < 4.78 is 25.2. The fraction of sp³-hybridized carbons (Fsp3) is 0.200. The number of aromatic nitrogens is 1. The number of hydrogen-bond acceptors (Lipinski definition) is 5. The third-order valence-electron chi connectivity index (χ3n) is 4.38. The van der Waals surface area contributed by atoms with E-state index in [0.29, 0.717) is 30.2 Å². The van der Waals surface area contributed by atoms with Crippen LogP contribution in [0.2, 0.25) is 0 Å². The molecule has 7 heteroatoms. The van der Waals surface area contributed by atoms with Crippen LogP contribution in [-0.4, -0.2) is 18.0 Å². The molecule has 0 saturated carbocycles. The second kappa shape index (κ2) is 7.00. The van der Waals surface area contributed by atoms with Gasteiger partial charge in [0.25, 0.3) is 5.91 Å². The standard InChI is InChI=1S/C20H17FN2O3S/c1-12-22-14(11-27-12)10-26-16-3-5-17-13(7-16)9-23(20(17)24)19-6-4-15(25-2)8-18(19)21/h3-8,11H,9-10H2,1-2H3. The van der Waals surface area contributed by atoms with Crippen LogP contribution in [-0.2, 0) is 13.2 Å². The second-order valence-electron chi connectivity index (χ2n) is 6.17. The van der Waals surface area contributed by atoms with Crippen LogP contribution in [0.4, 0.5) is 10.1 Å². The third kappa shape index (κ3) is 3.38. The summed E-state index contributed by atoms with van der Waals surface area (Å²) in [6.07, 6.45) is 0. The zero-order valence-corrected chi connectivity index (χ0v) is 15.7. The van der Waals surface area contributed by atoms with E-state index in [1.54, 1.807) is 35.6 Å². The monoisotopic (exact) mass is 384 g/mol. The Hall–Kier alpha value is -2.93. The van der Waals surface area contributed by atoms with Gasteiger partial charge in [0.2, 0.25) is 0 Å². The van der Waals surface area contributed by atoms with E-state index < -0.39 is 5.82 Å². The Morgan fingerprint density at radius 2 is 2.04 bits per heavy atom. The molecule has 1 amide bonds. The largest absolute Gasteiger partial charge is 0.497 e. The first kappa shape index (κ1) is 17.5. The Kier molecular flexibility index (Phi) is 4.53. The smallest absolute Gasteiger partial charge is 0.259 e. The van der Waals surface area contributed by atoms with Gasteiger partial charge in [-0.2, -0.15) is 0 Å². The lowest BCUT2D eigenvalue weighted by Gasteiger charge is -2.17. The number of methoxy groups -OCH3 is 1. The molecule has 1 aliphatic rings. The maximum Gasteiger partial charge on any atom is 0.259 e.